The molecule has 1 aliphatic heterocycles. The van der Waals surface area contributed by atoms with Gasteiger partial charge in [-0.05, 0) is 45.9 Å². The summed E-state index contributed by atoms with van der Waals surface area (Å²) in [5, 5.41) is 11.4. The molecule has 3 rings (SSSR count). The maximum Gasteiger partial charge on any atom is 0.336 e. The maximum absolute atomic E-state index is 12.3. The lowest BCUT2D eigenvalue weighted by Crippen LogP contribution is -2.50. The van der Waals surface area contributed by atoms with Crippen LogP contribution in [0.25, 0.3) is 11.0 Å². The van der Waals surface area contributed by atoms with Gasteiger partial charge in [-0.1, -0.05) is 6.08 Å². The SMILES string of the molecule is C/C=C(\C)C(=O)O[C@@H]1c2c(ccc3ccc(=O)oc23)OC(C)(C)[C@@H]1O. The second-order valence-corrected chi connectivity index (χ2v) is 6.60. The third kappa shape index (κ3) is 2.93. The Bertz CT molecular complexity index is 921. The number of hydrogen-bond donors (Lipinski definition) is 1. The molecule has 2 heterocycles. The number of esters is 1. The lowest BCUT2D eigenvalue weighted by molar-refractivity contribution is -0.166. The average Bonchev–Trinajstić information content (AvgIpc) is 2.57. The van der Waals surface area contributed by atoms with E-state index in [0.29, 0.717) is 22.3 Å². The first kappa shape index (κ1) is 17.2. The summed E-state index contributed by atoms with van der Waals surface area (Å²) < 4.78 is 16.7. The van der Waals surface area contributed by atoms with Gasteiger partial charge in [0.2, 0.25) is 0 Å². The van der Waals surface area contributed by atoms with Crippen molar-refractivity contribution in [2.45, 2.75) is 45.5 Å². The quantitative estimate of drug-likeness (QED) is 0.512. The Labute approximate surface area is 144 Å². The molecule has 6 nitrogen and oxygen atoms in total. The molecular weight excluding hydrogens is 324 g/mol. The van der Waals surface area contributed by atoms with Gasteiger partial charge in [-0.25, -0.2) is 9.59 Å². The predicted molar refractivity (Wildman–Crippen MR) is 91.5 cm³/mol. The summed E-state index contributed by atoms with van der Waals surface area (Å²) >= 11 is 0. The van der Waals surface area contributed by atoms with E-state index in [9.17, 15) is 14.7 Å². The molecule has 1 N–H and O–H groups in total. The second kappa shape index (κ2) is 6.04. The van der Waals surface area contributed by atoms with E-state index in [1.54, 1.807) is 52.0 Å². The van der Waals surface area contributed by atoms with Crippen LogP contribution in [0.1, 0.15) is 39.4 Å². The van der Waals surface area contributed by atoms with Crippen molar-refractivity contribution in [3.63, 3.8) is 0 Å². The molecule has 0 saturated carbocycles. The van der Waals surface area contributed by atoms with Gasteiger partial charge in [0.1, 0.15) is 23.0 Å². The van der Waals surface area contributed by atoms with Crippen LogP contribution in [0.2, 0.25) is 0 Å². The summed E-state index contributed by atoms with van der Waals surface area (Å²) in [7, 11) is 0. The molecule has 0 amide bonds. The van der Waals surface area contributed by atoms with Crippen molar-refractivity contribution in [3.8, 4) is 5.75 Å². The highest BCUT2D eigenvalue weighted by Gasteiger charge is 2.46. The van der Waals surface area contributed by atoms with Crippen molar-refractivity contribution in [3.05, 3.63) is 51.9 Å². The van der Waals surface area contributed by atoms with E-state index in [1.807, 2.05) is 0 Å². The van der Waals surface area contributed by atoms with E-state index in [0.717, 1.165) is 0 Å². The monoisotopic (exact) mass is 344 g/mol. The summed E-state index contributed by atoms with van der Waals surface area (Å²) in [5.41, 5.74) is -0.491. The van der Waals surface area contributed by atoms with Gasteiger partial charge in [0.05, 0.1) is 5.56 Å². The fourth-order valence-electron chi connectivity index (χ4n) is 2.81. The van der Waals surface area contributed by atoms with Crippen LogP contribution in [0.15, 0.2) is 45.1 Å². The van der Waals surface area contributed by atoms with E-state index in [4.69, 9.17) is 13.9 Å². The summed E-state index contributed by atoms with van der Waals surface area (Å²) in [4.78, 5) is 24.0. The molecule has 0 unspecified atom stereocenters. The predicted octanol–water partition coefficient (Wildman–Crippen LogP) is 2.88. The Morgan fingerprint density at radius 2 is 1.96 bits per heavy atom. The first-order valence-electron chi connectivity index (χ1n) is 8.02. The molecule has 6 heteroatoms. The van der Waals surface area contributed by atoms with Crippen molar-refractivity contribution in [2.75, 3.05) is 0 Å². The van der Waals surface area contributed by atoms with Crippen LogP contribution in [0, 0.1) is 0 Å². The first-order valence-corrected chi connectivity index (χ1v) is 8.02. The number of allylic oxidation sites excluding steroid dienone is 1. The molecule has 0 bridgehead atoms. The zero-order valence-electron chi connectivity index (χ0n) is 14.5. The number of carbonyl (C=O) groups excluding carboxylic acids is 1. The Kier molecular flexibility index (Phi) is 4.16. The molecule has 132 valence electrons. The third-order valence-corrected chi connectivity index (χ3v) is 4.43. The minimum Gasteiger partial charge on any atom is -0.484 e. The minimum absolute atomic E-state index is 0.246. The molecule has 0 saturated heterocycles. The highest BCUT2D eigenvalue weighted by atomic mass is 16.6. The summed E-state index contributed by atoms with van der Waals surface area (Å²) in [5.74, 6) is -0.140. The smallest absolute Gasteiger partial charge is 0.336 e. The van der Waals surface area contributed by atoms with Gasteiger partial charge < -0.3 is 19.0 Å². The molecule has 2 atom stereocenters. The van der Waals surface area contributed by atoms with Gasteiger partial charge in [0.25, 0.3) is 0 Å². The van der Waals surface area contributed by atoms with Gasteiger partial charge in [0, 0.05) is 17.0 Å². The fourth-order valence-corrected chi connectivity index (χ4v) is 2.81. The Hall–Kier alpha value is -2.60. The van der Waals surface area contributed by atoms with Gasteiger partial charge in [0.15, 0.2) is 6.10 Å². The lowest BCUT2D eigenvalue weighted by Gasteiger charge is -2.41. The van der Waals surface area contributed by atoms with Gasteiger partial charge in [-0.3, -0.25) is 0 Å². The topological polar surface area (TPSA) is 86.0 Å². The molecule has 1 aromatic carbocycles. The van der Waals surface area contributed by atoms with Crippen LogP contribution < -0.4 is 10.4 Å². The number of aliphatic hydroxyl groups excluding tert-OH is 1. The highest BCUT2D eigenvalue weighted by Crippen LogP contribution is 2.45. The normalized spacial score (nSPS) is 22.2. The highest BCUT2D eigenvalue weighted by molar-refractivity contribution is 5.89. The van der Waals surface area contributed by atoms with Crippen molar-refractivity contribution >= 4 is 16.9 Å². The van der Waals surface area contributed by atoms with Crippen LogP contribution >= 0.6 is 0 Å². The van der Waals surface area contributed by atoms with Crippen LogP contribution in [0.5, 0.6) is 5.75 Å². The maximum atomic E-state index is 12.3. The number of ether oxygens (including phenoxy) is 2. The van der Waals surface area contributed by atoms with Crippen molar-refractivity contribution in [1.29, 1.82) is 0 Å². The summed E-state index contributed by atoms with van der Waals surface area (Å²) in [6.07, 6.45) is -0.524. The molecule has 0 spiro atoms. The van der Waals surface area contributed by atoms with Gasteiger partial charge >= 0.3 is 11.6 Å². The molecule has 0 aliphatic carbocycles. The molecule has 25 heavy (non-hydrogen) atoms. The van der Waals surface area contributed by atoms with Gasteiger partial charge in [-0.15, -0.1) is 0 Å². The van der Waals surface area contributed by atoms with Crippen molar-refractivity contribution in [2.24, 2.45) is 0 Å². The zero-order valence-corrected chi connectivity index (χ0v) is 14.5. The largest absolute Gasteiger partial charge is 0.484 e. The zero-order chi connectivity index (χ0) is 18.4. The summed E-state index contributed by atoms with van der Waals surface area (Å²) in [6, 6.07) is 6.39. The number of rotatable bonds is 2. The molecular formula is C19H20O6. The van der Waals surface area contributed by atoms with E-state index < -0.39 is 29.4 Å². The number of hydrogen-bond acceptors (Lipinski definition) is 6. The van der Waals surface area contributed by atoms with Crippen LogP contribution in [-0.4, -0.2) is 22.8 Å². The Morgan fingerprint density at radius 3 is 2.64 bits per heavy atom. The molecule has 0 radical (unpaired) electrons. The average molecular weight is 344 g/mol. The third-order valence-electron chi connectivity index (χ3n) is 4.43. The molecule has 2 aromatic rings. The number of benzene rings is 1. The number of fused-ring (bicyclic) bond motifs is 3. The van der Waals surface area contributed by atoms with E-state index in [-0.39, 0.29) is 5.58 Å². The van der Waals surface area contributed by atoms with E-state index >= 15 is 0 Å². The first-order chi connectivity index (χ1) is 11.7. The Balaban J connectivity index is 2.22. The molecule has 1 aliphatic rings. The lowest BCUT2D eigenvalue weighted by atomic mass is 9.87. The summed E-state index contributed by atoms with van der Waals surface area (Å²) in [6.45, 7) is 6.76. The number of carbonyl (C=O) groups is 1. The fraction of sp³-hybridized carbons (Fsp3) is 0.368. The van der Waals surface area contributed by atoms with Crippen LogP contribution in [-0.2, 0) is 9.53 Å². The van der Waals surface area contributed by atoms with E-state index in [1.165, 1.54) is 6.07 Å². The van der Waals surface area contributed by atoms with Crippen LogP contribution in [0.4, 0.5) is 0 Å². The van der Waals surface area contributed by atoms with Crippen molar-refractivity contribution in [1.82, 2.24) is 0 Å². The standard InChI is InChI=1S/C19H20O6/c1-5-10(2)18(22)24-16-14-12(25-19(3,4)17(16)21)8-6-11-7-9-13(20)23-15(11)14/h5-9,16-17,21H,1-4H3/b10-5+/t16-,17-/m1/s1. The molecule has 0 fully saturated rings. The number of aliphatic hydroxyl groups is 1. The molecule has 1 aromatic heterocycles. The Morgan fingerprint density at radius 1 is 1.28 bits per heavy atom. The van der Waals surface area contributed by atoms with Crippen molar-refractivity contribution < 1.29 is 23.8 Å². The van der Waals surface area contributed by atoms with Crippen LogP contribution in [0.3, 0.4) is 0 Å². The van der Waals surface area contributed by atoms with Gasteiger partial charge in [-0.2, -0.15) is 0 Å². The van der Waals surface area contributed by atoms with E-state index in [2.05, 4.69) is 0 Å². The minimum atomic E-state index is -1.13. The second-order valence-electron chi connectivity index (χ2n) is 6.60.